The zero-order valence-electron chi connectivity index (χ0n) is 13.9. The Kier molecular flexibility index (Phi) is 5.16. The van der Waals surface area contributed by atoms with Crippen LogP contribution in [0.5, 0.6) is 11.5 Å². The minimum absolute atomic E-state index is 0.00306. The Labute approximate surface area is 150 Å². The van der Waals surface area contributed by atoms with E-state index in [-0.39, 0.29) is 10.9 Å². The molecular formula is C17H17F6OPS. The minimum atomic E-state index is -10.7. The molecule has 3 rings (SSSR count). The molecule has 0 unspecified atom stereocenters. The number of hydrogen-bond donors (Lipinski definition) is 0. The second kappa shape index (κ2) is 6.50. The van der Waals surface area contributed by atoms with Crippen molar-refractivity contribution in [3.8, 4) is 11.5 Å². The summed E-state index contributed by atoms with van der Waals surface area (Å²) < 4.78 is 65.2. The maximum atomic E-state index is 9.87. The first-order valence-corrected chi connectivity index (χ1v) is 10.8. The molecule has 0 aliphatic carbocycles. The van der Waals surface area contributed by atoms with Crippen LogP contribution in [0.3, 0.4) is 0 Å². The summed E-state index contributed by atoms with van der Waals surface area (Å²) in [5.74, 6) is 1.99. The van der Waals surface area contributed by atoms with Crippen LogP contribution in [0.25, 0.3) is 0 Å². The van der Waals surface area contributed by atoms with Gasteiger partial charge < -0.3 is 4.74 Å². The van der Waals surface area contributed by atoms with Gasteiger partial charge in [0.1, 0.15) is 15.8 Å². The predicted molar refractivity (Wildman–Crippen MR) is 94.5 cm³/mol. The molecule has 9 heteroatoms. The first-order chi connectivity index (χ1) is 11.8. The monoisotopic (exact) mass is 414 g/mol. The molecule has 1 aliphatic heterocycles. The molecule has 1 nitrogen and oxygen atoms in total. The summed E-state index contributed by atoms with van der Waals surface area (Å²) in [6.45, 7) is 4.41. The van der Waals surface area contributed by atoms with Crippen LogP contribution in [0.4, 0.5) is 25.2 Å². The van der Waals surface area contributed by atoms with Crippen molar-refractivity contribution in [2.75, 3.05) is 0 Å². The number of ether oxygens (including phenoxy) is 1. The molecule has 0 saturated carbocycles. The summed E-state index contributed by atoms with van der Waals surface area (Å²) in [7, 11) is -10.7. The molecule has 0 atom stereocenters. The van der Waals surface area contributed by atoms with Crippen LogP contribution in [0.2, 0.25) is 0 Å². The Bertz CT molecular complexity index is 776. The van der Waals surface area contributed by atoms with Crippen molar-refractivity contribution >= 4 is 18.7 Å². The normalized spacial score (nSPS) is 16.8. The average Bonchev–Trinajstić information content (AvgIpc) is 2.49. The predicted octanol–water partition coefficient (Wildman–Crippen LogP) is 8.52. The third-order valence-corrected chi connectivity index (χ3v) is 5.54. The number of rotatable bonds is 2. The molecule has 2 aromatic carbocycles. The molecular weight excluding hydrogens is 397 g/mol. The summed E-state index contributed by atoms with van der Waals surface area (Å²) in [4.78, 5) is 4.01. The van der Waals surface area contributed by atoms with Crippen molar-refractivity contribution in [1.82, 2.24) is 0 Å². The van der Waals surface area contributed by atoms with Crippen LogP contribution in [0.15, 0.2) is 69.3 Å². The number of hydrogen-bond acceptors (Lipinski definition) is 1. The SMILES string of the molecule is CC/C=C(/C)[S+]1c2ccccc2Oc2ccccc21.F[P-](F)(F)(F)(F)F. The van der Waals surface area contributed by atoms with Gasteiger partial charge in [0, 0.05) is 6.92 Å². The van der Waals surface area contributed by atoms with Crippen molar-refractivity contribution in [1.29, 1.82) is 0 Å². The number of halogens is 6. The first kappa shape index (κ1) is 20.6. The second-order valence-electron chi connectivity index (χ2n) is 5.48. The Balaban J connectivity index is 0.000000298. The first-order valence-electron chi connectivity index (χ1n) is 7.59. The van der Waals surface area contributed by atoms with Crippen molar-refractivity contribution < 1.29 is 29.9 Å². The van der Waals surface area contributed by atoms with Crippen LogP contribution in [-0.4, -0.2) is 0 Å². The van der Waals surface area contributed by atoms with Crippen molar-refractivity contribution in [2.45, 2.75) is 30.1 Å². The van der Waals surface area contributed by atoms with Gasteiger partial charge in [0.2, 0.25) is 9.79 Å². The topological polar surface area (TPSA) is 9.23 Å². The third kappa shape index (κ3) is 6.57. The van der Waals surface area contributed by atoms with Gasteiger partial charge in [-0.25, -0.2) is 0 Å². The summed E-state index contributed by atoms with van der Waals surface area (Å²) in [5.41, 5.74) is 0. The van der Waals surface area contributed by atoms with Crippen LogP contribution >= 0.6 is 7.81 Å². The zero-order chi connectivity index (χ0) is 19.7. The van der Waals surface area contributed by atoms with Crippen LogP contribution in [-0.2, 0) is 10.9 Å². The summed E-state index contributed by atoms with van der Waals surface area (Å²) >= 11 is 0. The van der Waals surface area contributed by atoms with E-state index in [0.717, 1.165) is 17.9 Å². The van der Waals surface area contributed by atoms with Gasteiger partial charge in [-0.1, -0.05) is 31.2 Å². The number of allylic oxidation sites excluding steroid dienone is 2. The standard InChI is InChI=1S/C17H17OS.F6P/c1-3-8-13(2)19-16-11-6-4-9-14(16)18-15-10-5-7-12-17(15)19;1-7(2,3,4,5)6/h4-12H,3H2,1-2H3;/q+1;-1/b13-8-;. The average molecular weight is 414 g/mol. The van der Waals surface area contributed by atoms with Gasteiger partial charge in [-0.3, -0.25) is 0 Å². The van der Waals surface area contributed by atoms with E-state index in [4.69, 9.17) is 4.74 Å². The van der Waals surface area contributed by atoms with Crippen molar-refractivity contribution in [3.05, 3.63) is 59.5 Å². The molecule has 0 bridgehead atoms. The number of benzene rings is 2. The van der Waals surface area contributed by atoms with E-state index < -0.39 is 7.81 Å². The van der Waals surface area contributed by atoms with Gasteiger partial charge in [-0.2, -0.15) is 0 Å². The zero-order valence-corrected chi connectivity index (χ0v) is 15.6. The van der Waals surface area contributed by atoms with E-state index in [1.54, 1.807) is 0 Å². The summed E-state index contributed by atoms with van der Waals surface area (Å²) in [5, 5.41) is 0. The molecule has 0 amide bonds. The third-order valence-electron chi connectivity index (χ3n) is 3.17. The van der Waals surface area contributed by atoms with Gasteiger partial charge in [0.15, 0.2) is 11.5 Å². The van der Waals surface area contributed by atoms with Crippen LogP contribution < -0.4 is 4.74 Å². The van der Waals surface area contributed by atoms with Gasteiger partial charge >= 0.3 is 33.0 Å². The van der Waals surface area contributed by atoms with Crippen LogP contribution in [0, 0.1) is 0 Å². The van der Waals surface area contributed by atoms with Gasteiger partial charge in [-0.15, -0.1) is 0 Å². The molecule has 0 fully saturated rings. The fraction of sp³-hybridized carbons (Fsp3) is 0.176. The van der Waals surface area contributed by atoms with Crippen molar-refractivity contribution in [2.24, 2.45) is 0 Å². The van der Waals surface area contributed by atoms with Crippen LogP contribution in [0.1, 0.15) is 20.3 Å². The Morgan fingerprint density at radius 3 is 1.65 bits per heavy atom. The van der Waals surface area contributed by atoms with Gasteiger partial charge in [0.05, 0.1) is 0 Å². The fourth-order valence-electron chi connectivity index (χ4n) is 2.36. The summed E-state index contributed by atoms with van der Waals surface area (Å²) in [6.07, 6.45) is 3.39. The Morgan fingerprint density at radius 1 is 0.885 bits per heavy atom. The van der Waals surface area contributed by atoms with Gasteiger partial charge in [-0.05, 0) is 36.8 Å². The Hall–Kier alpha value is -1.66. The molecule has 26 heavy (non-hydrogen) atoms. The molecule has 0 N–H and O–H groups in total. The molecule has 144 valence electrons. The molecule has 0 spiro atoms. The molecule has 0 saturated heterocycles. The number of fused-ring (bicyclic) bond motifs is 2. The van der Waals surface area contributed by atoms with E-state index >= 15 is 0 Å². The van der Waals surface area contributed by atoms with E-state index in [1.165, 1.54) is 14.7 Å². The van der Waals surface area contributed by atoms with Gasteiger partial charge in [0.25, 0.3) is 0 Å². The quantitative estimate of drug-likeness (QED) is 0.272. The van der Waals surface area contributed by atoms with E-state index in [0.29, 0.717) is 0 Å². The summed E-state index contributed by atoms with van der Waals surface area (Å²) in [6, 6.07) is 16.7. The van der Waals surface area contributed by atoms with E-state index in [1.807, 2.05) is 12.1 Å². The Morgan fingerprint density at radius 2 is 1.27 bits per heavy atom. The molecule has 2 aromatic rings. The molecule has 1 heterocycles. The van der Waals surface area contributed by atoms with Crippen molar-refractivity contribution in [3.63, 3.8) is 0 Å². The molecule has 1 aliphatic rings. The maximum absolute atomic E-state index is 10.7. The van der Waals surface area contributed by atoms with E-state index in [2.05, 4.69) is 56.3 Å². The fourth-order valence-corrected chi connectivity index (χ4v) is 4.68. The second-order valence-corrected chi connectivity index (χ2v) is 9.54. The van der Waals surface area contributed by atoms with E-state index in [9.17, 15) is 25.2 Å². The number of para-hydroxylation sites is 2. The molecule has 0 aromatic heterocycles. The molecule has 0 radical (unpaired) electrons.